The van der Waals surface area contributed by atoms with Gasteiger partial charge < -0.3 is 24.5 Å². The number of hydrogen-bond acceptors (Lipinski definition) is 8. The predicted octanol–water partition coefficient (Wildman–Crippen LogP) is -2.59. The molecule has 0 aromatic carbocycles. The van der Waals surface area contributed by atoms with E-state index in [1.54, 1.807) is 37.4 Å². The average molecular weight is 374 g/mol. The molecule has 1 N–H and O–H groups in total. The van der Waals surface area contributed by atoms with Crippen LogP contribution in [-0.4, -0.2) is 57.0 Å². The van der Waals surface area contributed by atoms with Crippen molar-refractivity contribution in [2.24, 2.45) is 0 Å². The van der Waals surface area contributed by atoms with Crippen LogP contribution in [0.3, 0.4) is 0 Å². The van der Waals surface area contributed by atoms with Crippen LogP contribution < -0.4 is 34.7 Å². The summed E-state index contributed by atoms with van der Waals surface area (Å²) in [4.78, 5) is 21.8. The molecule has 1 rings (SSSR count). The van der Waals surface area contributed by atoms with Gasteiger partial charge in [0.2, 0.25) is 0 Å². The van der Waals surface area contributed by atoms with Crippen LogP contribution in [0.15, 0.2) is 0 Å². The van der Waals surface area contributed by atoms with E-state index in [0.717, 1.165) is 11.5 Å². The normalized spacial score (nSPS) is 24.3. The van der Waals surface area contributed by atoms with Gasteiger partial charge in [0, 0.05) is 6.42 Å². The molecule has 1 saturated heterocycles. The number of aliphatic carboxylic acids is 1. The van der Waals surface area contributed by atoms with E-state index in [9.17, 15) is 19.8 Å². The molecule has 1 aliphatic heterocycles. The number of aliphatic hydroxyl groups is 1. The van der Waals surface area contributed by atoms with Gasteiger partial charge in [-0.2, -0.15) is 0 Å². The van der Waals surface area contributed by atoms with Crippen molar-refractivity contribution in [2.75, 3.05) is 11.5 Å². The SMILES string of the molecule is CCSC(SCC)[C@H]1OC(C)(C)O[C@@H]1[C@@H](O)CC(=O)C(=O)[O-].[Na+]. The smallest absolute Gasteiger partial charge is 0.542 e. The first-order valence-corrected chi connectivity index (χ1v) is 9.32. The molecule has 1 aliphatic rings. The van der Waals surface area contributed by atoms with E-state index in [4.69, 9.17) is 9.47 Å². The summed E-state index contributed by atoms with van der Waals surface area (Å²) in [5, 5.41) is 20.8. The number of carboxylic acids is 1. The van der Waals surface area contributed by atoms with Crippen LogP contribution in [-0.2, 0) is 19.1 Å². The van der Waals surface area contributed by atoms with Crippen molar-refractivity contribution in [1.82, 2.24) is 0 Å². The molecule has 1 fully saturated rings. The molecule has 0 aromatic rings. The van der Waals surface area contributed by atoms with Gasteiger partial charge in [0.15, 0.2) is 11.6 Å². The van der Waals surface area contributed by atoms with E-state index in [0.29, 0.717) is 0 Å². The fourth-order valence-corrected chi connectivity index (χ4v) is 4.94. The van der Waals surface area contributed by atoms with Crippen LogP contribution in [0.25, 0.3) is 0 Å². The zero-order valence-electron chi connectivity index (χ0n) is 14.2. The summed E-state index contributed by atoms with van der Waals surface area (Å²) in [5.41, 5.74) is 0. The maximum Gasteiger partial charge on any atom is 1.00 e. The fraction of sp³-hybridized carbons (Fsp3) is 0.857. The van der Waals surface area contributed by atoms with Crippen LogP contribution >= 0.6 is 23.5 Å². The minimum atomic E-state index is -1.80. The van der Waals surface area contributed by atoms with Gasteiger partial charge in [0.25, 0.3) is 0 Å². The second-order valence-electron chi connectivity index (χ2n) is 5.33. The van der Waals surface area contributed by atoms with E-state index < -0.39 is 42.3 Å². The fourth-order valence-electron chi connectivity index (χ4n) is 2.28. The molecule has 128 valence electrons. The Morgan fingerprint density at radius 1 is 1.17 bits per heavy atom. The molecule has 0 bridgehead atoms. The summed E-state index contributed by atoms with van der Waals surface area (Å²) >= 11 is 3.36. The summed E-state index contributed by atoms with van der Waals surface area (Å²) in [5.74, 6) is -2.07. The maximum absolute atomic E-state index is 11.3. The van der Waals surface area contributed by atoms with Crippen molar-refractivity contribution in [3.63, 3.8) is 0 Å². The molecule has 0 aliphatic carbocycles. The standard InChI is InChI=1S/C14H24O6S2.Na/c1-5-21-13(22-6-2)11-10(19-14(3,4)20-11)8(15)7-9(16)12(17)18;/h8,10-11,13,15H,5-7H2,1-4H3,(H,17,18);/q;+1/p-1/t8-,10+,11-;/m0./s1. The van der Waals surface area contributed by atoms with Crippen molar-refractivity contribution in [3.05, 3.63) is 0 Å². The molecule has 1 heterocycles. The van der Waals surface area contributed by atoms with Crippen molar-refractivity contribution < 1.29 is 58.8 Å². The number of carboxylic acid groups (broad SMARTS) is 1. The molecule has 0 amide bonds. The monoisotopic (exact) mass is 374 g/mol. The molecule has 0 saturated carbocycles. The third-order valence-corrected chi connectivity index (χ3v) is 5.77. The Kier molecular flexibility index (Phi) is 11.0. The number of carbonyl (C=O) groups excluding carboxylic acids is 2. The van der Waals surface area contributed by atoms with E-state index in [-0.39, 0.29) is 34.1 Å². The average Bonchev–Trinajstić information content (AvgIpc) is 2.74. The molecule has 23 heavy (non-hydrogen) atoms. The van der Waals surface area contributed by atoms with Gasteiger partial charge in [-0.1, -0.05) is 13.8 Å². The first-order chi connectivity index (χ1) is 10.2. The third-order valence-electron chi connectivity index (χ3n) is 3.10. The van der Waals surface area contributed by atoms with Gasteiger partial charge in [-0.3, -0.25) is 4.79 Å². The largest absolute Gasteiger partial charge is 1.00 e. The van der Waals surface area contributed by atoms with Crippen LogP contribution in [0.4, 0.5) is 0 Å². The van der Waals surface area contributed by atoms with E-state index in [1.165, 1.54) is 0 Å². The maximum atomic E-state index is 11.3. The summed E-state index contributed by atoms with van der Waals surface area (Å²) in [6.07, 6.45) is -2.95. The molecular formula is C14H23NaO6S2. The van der Waals surface area contributed by atoms with Crippen LogP contribution in [0.5, 0.6) is 0 Å². The number of Topliss-reactive ketones (excluding diaryl/α,β-unsaturated/α-hetero) is 1. The predicted molar refractivity (Wildman–Crippen MR) is 84.5 cm³/mol. The number of aliphatic hydroxyl groups excluding tert-OH is 1. The Bertz CT molecular complexity index is 401. The second kappa shape index (κ2) is 10.7. The van der Waals surface area contributed by atoms with Gasteiger partial charge >= 0.3 is 29.6 Å². The molecular weight excluding hydrogens is 351 g/mol. The Hall–Kier alpha value is 0.720. The number of carbonyl (C=O) groups is 2. The van der Waals surface area contributed by atoms with E-state index in [2.05, 4.69) is 0 Å². The quantitative estimate of drug-likeness (QED) is 0.267. The number of hydrogen-bond donors (Lipinski definition) is 1. The van der Waals surface area contributed by atoms with Gasteiger partial charge in [0.1, 0.15) is 18.2 Å². The molecule has 9 heteroatoms. The Morgan fingerprint density at radius 3 is 2.09 bits per heavy atom. The first kappa shape index (κ1) is 23.7. The van der Waals surface area contributed by atoms with Crippen molar-refractivity contribution in [2.45, 2.75) is 62.8 Å². The van der Waals surface area contributed by atoms with Crippen LogP contribution in [0, 0.1) is 0 Å². The molecule has 0 aromatic heterocycles. The third kappa shape index (κ3) is 7.23. The number of ketones is 1. The number of ether oxygens (including phenoxy) is 2. The Morgan fingerprint density at radius 2 is 1.65 bits per heavy atom. The Labute approximate surface area is 167 Å². The minimum absolute atomic E-state index is 0. The van der Waals surface area contributed by atoms with Gasteiger partial charge in [-0.25, -0.2) is 0 Å². The summed E-state index contributed by atoms with van der Waals surface area (Å²) in [7, 11) is 0. The molecule has 6 nitrogen and oxygen atoms in total. The van der Waals surface area contributed by atoms with Gasteiger partial charge in [-0.05, 0) is 25.4 Å². The minimum Gasteiger partial charge on any atom is -0.542 e. The number of thioether (sulfide) groups is 2. The Balaban J connectivity index is 0.00000484. The van der Waals surface area contributed by atoms with Gasteiger partial charge in [-0.15, -0.1) is 23.5 Å². The summed E-state index contributed by atoms with van der Waals surface area (Å²) < 4.78 is 11.6. The van der Waals surface area contributed by atoms with Crippen molar-refractivity contribution in [1.29, 1.82) is 0 Å². The molecule has 0 unspecified atom stereocenters. The molecule has 0 radical (unpaired) electrons. The topological polar surface area (TPSA) is 95.9 Å². The zero-order chi connectivity index (χ0) is 16.9. The van der Waals surface area contributed by atoms with Gasteiger partial charge in [0.05, 0.1) is 10.7 Å². The van der Waals surface area contributed by atoms with Crippen molar-refractivity contribution in [3.8, 4) is 0 Å². The number of rotatable bonds is 9. The van der Waals surface area contributed by atoms with E-state index in [1.807, 2.05) is 13.8 Å². The first-order valence-electron chi connectivity index (χ1n) is 7.22. The van der Waals surface area contributed by atoms with E-state index >= 15 is 0 Å². The van der Waals surface area contributed by atoms with Crippen molar-refractivity contribution >= 4 is 35.3 Å². The van der Waals surface area contributed by atoms with Crippen LogP contribution in [0.2, 0.25) is 0 Å². The van der Waals surface area contributed by atoms with Crippen LogP contribution in [0.1, 0.15) is 34.1 Å². The summed E-state index contributed by atoms with van der Waals surface area (Å²) in [6, 6.07) is 0. The zero-order valence-corrected chi connectivity index (χ0v) is 17.9. The second-order valence-corrected chi connectivity index (χ2v) is 8.46. The summed E-state index contributed by atoms with van der Waals surface area (Å²) in [6.45, 7) is 7.52. The molecule has 3 atom stereocenters. The molecule has 0 spiro atoms.